The highest BCUT2D eigenvalue weighted by Crippen LogP contribution is 2.16. The molecule has 2 aromatic heterocycles. The van der Waals surface area contributed by atoms with Gasteiger partial charge in [-0.1, -0.05) is 23.5 Å². The molecule has 0 aliphatic heterocycles. The molecule has 0 unspecified atom stereocenters. The lowest BCUT2D eigenvalue weighted by Gasteiger charge is -1.96. The fourth-order valence-corrected chi connectivity index (χ4v) is 2.85. The lowest BCUT2D eigenvalue weighted by molar-refractivity contribution is -0.658. The highest BCUT2D eigenvalue weighted by atomic mass is 32.1. The molecule has 2 heterocycles. The van der Waals surface area contributed by atoms with Gasteiger partial charge in [-0.05, 0) is 11.1 Å². The predicted octanol–water partition coefficient (Wildman–Crippen LogP) is 1.34. The Hall–Kier alpha value is -2.01. The molecular weight excluding hydrogens is 244 g/mol. The third-order valence-electron chi connectivity index (χ3n) is 2.89. The van der Waals surface area contributed by atoms with Gasteiger partial charge >= 0.3 is 0 Å². The number of fused-ring (bicyclic) bond motifs is 1. The van der Waals surface area contributed by atoms with Crippen LogP contribution in [0.4, 0.5) is 5.82 Å². The number of H-pyrrole nitrogens is 1. The minimum absolute atomic E-state index is 0.592. The van der Waals surface area contributed by atoms with E-state index in [1.54, 1.807) is 11.3 Å². The molecule has 0 aliphatic rings. The number of nitrogens with one attached hydrogen (secondary N) is 1. The van der Waals surface area contributed by atoms with E-state index in [1.807, 2.05) is 13.1 Å². The van der Waals surface area contributed by atoms with Crippen LogP contribution in [0, 0.1) is 6.92 Å². The molecular formula is C13H14N4S+2. The van der Waals surface area contributed by atoms with E-state index in [4.69, 9.17) is 5.73 Å². The number of anilines is 1. The van der Waals surface area contributed by atoms with E-state index in [9.17, 15) is 0 Å². The minimum atomic E-state index is 0.592. The maximum atomic E-state index is 5.94. The summed E-state index contributed by atoms with van der Waals surface area (Å²) in [6.45, 7) is 2.63. The quantitative estimate of drug-likeness (QED) is 0.705. The molecule has 0 aliphatic carbocycles. The summed E-state index contributed by atoms with van der Waals surface area (Å²) in [5, 5.41) is 0. The van der Waals surface area contributed by atoms with Gasteiger partial charge in [-0.2, -0.15) is 4.57 Å². The number of hydrogen-bond donors (Lipinski definition) is 1. The number of aromatic amines is 1. The van der Waals surface area contributed by atoms with Crippen molar-refractivity contribution in [1.29, 1.82) is 0 Å². The second-order valence-corrected chi connectivity index (χ2v) is 5.10. The Labute approximate surface area is 109 Å². The van der Waals surface area contributed by atoms with Gasteiger partial charge in [-0.3, -0.25) is 0 Å². The normalized spacial score (nSPS) is 10.9. The summed E-state index contributed by atoms with van der Waals surface area (Å²) in [5.41, 5.74) is 10.3. The zero-order chi connectivity index (χ0) is 12.5. The van der Waals surface area contributed by atoms with Crippen LogP contribution in [0.2, 0.25) is 0 Å². The molecule has 18 heavy (non-hydrogen) atoms. The second kappa shape index (κ2) is 4.34. The SMILES string of the molecule is Cc1nc(N)c(C[n+]2csc3ccccc32)c[nH+]1. The number of rotatable bonds is 2. The summed E-state index contributed by atoms with van der Waals surface area (Å²) in [5.74, 6) is 1.42. The fourth-order valence-electron chi connectivity index (χ4n) is 1.95. The number of aryl methyl sites for hydroxylation is 1. The standard InChI is InChI=1S/C13H13N4S/c1-9-15-6-10(13(14)16-9)7-17-8-18-12-5-3-2-4-11(12)17/h2-6,8H,7H2,1H3,(H2,14,15,16)/q+1/p+1. The van der Waals surface area contributed by atoms with Crippen LogP contribution in [0.15, 0.2) is 36.0 Å². The molecule has 0 saturated carbocycles. The van der Waals surface area contributed by atoms with Gasteiger partial charge in [0.2, 0.25) is 11.0 Å². The third-order valence-corrected chi connectivity index (χ3v) is 3.85. The van der Waals surface area contributed by atoms with Crippen LogP contribution in [0.3, 0.4) is 0 Å². The zero-order valence-electron chi connectivity index (χ0n) is 10.1. The molecule has 0 saturated heterocycles. The van der Waals surface area contributed by atoms with Crippen molar-refractivity contribution in [1.82, 2.24) is 4.98 Å². The van der Waals surface area contributed by atoms with Crippen molar-refractivity contribution >= 4 is 27.4 Å². The van der Waals surface area contributed by atoms with Crippen LogP contribution in [-0.4, -0.2) is 4.98 Å². The smallest absolute Gasteiger partial charge is 0.295 e. The van der Waals surface area contributed by atoms with Crippen molar-refractivity contribution in [2.75, 3.05) is 5.73 Å². The summed E-state index contributed by atoms with van der Waals surface area (Å²) >= 11 is 1.73. The molecule has 0 spiro atoms. The Kier molecular flexibility index (Phi) is 2.68. The van der Waals surface area contributed by atoms with Gasteiger partial charge in [-0.15, -0.1) is 0 Å². The highest BCUT2D eigenvalue weighted by Gasteiger charge is 2.17. The largest absolute Gasteiger partial charge is 0.362 e. The highest BCUT2D eigenvalue weighted by molar-refractivity contribution is 7.16. The minimum Gasteiger partial charge on any atom is -0.362 e. The Morgan fingerprint density at radius 3 is 3.06 bits per heavy atom. The lowest BCUT2D eigenvalue weighted by atomic mass is 10.3. The maximum Gasteiger partial charge on any atom is 0.295 e. The molecule has 5 heteroatoms. The Morgan fingerprint density at radius 1 is 1.39 bits per heavy atom. The number of nitrogens with two attached hydrogens (primary N) is 1. The van der Waals surface area contributed by atoms with Crippen LogP contribution in [-0.2, 0) is 6.54 Å². The van der Waals surface area contributed by atoms with Gasteiger partial charge in [0.1, 0.15) is 16.5 Å². The first-order chi connectivity index (χ1) is 8.74. The number of para-hydroxylation sites is 1. The van der Waals surface area contributed by atoms with Crippen molar-refractivity contribution in [3.05, 3.63) is 47.4 Å². The van der Waals surface area contributed by atoms with Gasteiger partial charge in [0.15, 0.2) is 6.54 Å². The number of thiazole rings is 1. The van der Waals surface area contributed by atoms with E-state index in [0.717, 1.165) is 17.9 Å². The molecule has 90 valence electrons. The molecule has 3 aromatic rings. The molecule has 3 N–H and O–H groups in total. The van der Waals surface area contributed by atoms with E-state index >= 15 is 0 Å². The van der Waals surface area contributed by atoms with Crippen LogP contribution in [0.1, 0.15) is 11.4 Å². The van der Waals surface area contributed by atoms with E-state index in [-0.39, 0.29) is 0 Å². The molecule has 0 amide bonds. The van der Waals surface area contributed by atoms with Gasteiger partial charge in [-0.25, -0.2) is 4.98 Å². The molecule has 1 aromatic carbocycles. The van der Waals surface area contributed by atoms with Gasteiger partial charge in [0.25, 0.3) is 11.6 Å². The van der Waals surface area contributed by atoms with Crippen molar-refractivity contribution < 1.29 is 9.55 Å². The number of nitrogen functional groups attached to an aromatic ring is 1. The van der Waals surface area contributed by atoms with E-state index in [2.05, 4.69) is 44.3 Å². The van der Waals surface area contributed by atoms with Crippen LogP contribution in [0.25, 0.3) is 10.2 Å². The first-order valence-electron chi connectivity index (χ1n) is 5.73. The van der Waals surface area contributed by atoms with E-state index in [0.29, 0.717) is 5.82 Å². The summed E-state index contributed by atoms with van der Waals surface area (Å²) < 4.78 is 3.47. The average Bonchev–Trinajstić information content (AvgIpc) is 2.76. The first kappa shape index (κ1) is 11.1. The fraction of sp³-hybridized carbons (Fsp3) is 0.154. The number of aromatic nitrogens is 3. The van der Waals surface area contributed by atoms with E-state index in [1.165, 1.54) is 10.2 Å². The van der Waals surface area contributed by atoms with Crippen molar-refractivity contribution in [3.8, 4) is 0 Å². The zero-order valence-corrected chi connectivity index (χ0v) is 10.9. The van der Waals surface area contributed by atoms with Gasteiger partial charge in [0, 0.05) is 13.0 Å². The van der Waals surface area contributed by atoms with Crippen LogP contribution < -0.4 is 15.3 Å². The Balaban J connectivity index is 2.01. The van der Waals surface area contributed by atoms with Crippen LogP contribution in [0.5, 0.6) is 0 Å². The second-order valence-electron chi connectivity index (χ2n) is 4.22. The Bertz CT molecular complexity index is 705. The summed E-state index contributed by atoms with van der Waals surface area (Å²) in [7, 11) is 0. The monoisotopic (exact) mass is 258 g/mol. The maximum absolute atomic E-state index is 5.94. The summed E-state index contributed by atoms with van der Waals surface area (Å²) in [6, 6.07) is 8.35. The topological polar surface area (TPSA) is 56.9 Å². The molecule has 0 fully saturated rings. The molecule has 0 radical (unpaired) electrons. The third kappa shape index (κ3) is 1.93. The first-order valence-corrected chi connectivity index (χ1v) is 6.61. The van der Waals surface area contributed by atoms with Crippen molar-refractivity contribution in [2.45, 2.75) is 13.5 Å². The summed E-state index contributed by atoms with van der Waals surface area (Å²) in [4.78, 5) is 7.35. The number of nitrogens with zero attached hydrogens (tertiary/aromatic N) is 2. The van der Waals surface area contributed by atoms with Crippen molar-refractivity contribution in [3.63, 3.8) is 0 Å². The lowest BCUT2D eigenvalue weighted by Crippen LogP contribution is -2.33. The molecule has 3 rings (SSSR count). The molecule has 0 atom stereocenters. The van der Waals surface area contributed by atoms with Crippen molar-refractivity contribution in [2.24, 2.45) is 0 Å². The predicted molar refractivity (Wildman–Crippen MR) is 71.1 cm³/mol. The van der Waals surface area contributed by atoms with Crippen LogP contribution >= 0.6 is 11.3 Å². The number of hydrogen-bond acceptors (Lipinski definition) is 3. The molecule has 4 nitrogen and oxygen atoms in total. The van der Waals surface area contributed by atoms with E-state index < -0.39 is 0 Å². The summed E-state index contributed by atoms with van der Waals surface area (Å²) in [6.07, 6.45) is 1.93. The van der Waals surface area contributed by atoms with Gasteiger partial charge < -0.3 is 5.73 Å². The number of benzene rings is 1. The Morgan fingerprint density at radius 2 is 2.22 bits per heavy atom. The molecule has 0 bridgehead atoms. The average molecular weight is 258 g/mol. The van der Waals surface area contributed by atoms with Gasteiger partial charge in [0.05, 0.1) is 0 Å².